The van der Waals surface area contributed by atoms with Gasteiger partial charge in [0.1, 0.15) is 12.3 Å². The molecule has 0 fully saturated rings. The van der Waals surface area contributed by atoms with Crippen LogP contribution < -0.4 is 15.4 Å². The molecule has 1 unspecified atom stereocenters. The van der Waals surface area contributed by atoms with E-state index in [4.69, 9.17) is 9.84 Å². The van der Waals surface area contributed by atoms with Crippen LogP contribution in [0.3, 0.4) is 0 Å². The first-order valence-corrected chi connectivity index (χ1v) is 13.6. The number of sulfone groups is 1. The normalized spacial score (nSPS) is 20.9. The number of fused-ring (bicyclic) bond motifs is 1. The molecule has 2 aromatic rings. The molecule has 0 spiro atoms. The average Bonchev–Trinajstić information content (AvgIpc) is 2.93. The summed E-state index contributed by atoms with van der Waals surface area (Å²) in [6.45, 7) is 3.50. The molecule has 2 atom stereocenters. The molecule has 1 aliphatic heterocycles. The van der Waals surface area contributed by atoms with E-state index in [1.807, 2.05) is 37.3 Å². The maximum Gasteiger partial charge on any atom is 0.322 e. The van der Waals surface area contributed by atoms with Crippen LogP contribution in [0.1, 0.15) is 67.1 Å². The van der Waals surface area contributed by atoms with Crippen molar-refractivity contribution in [1.29, 1.82) is 0 Å². The van der Waals surface area contributed by atoms with Crippen LogP contribution in [0.2, 0.25) is 0 Å². The van der Waals surface area contributed by atoms with Crippen molar-refractivity contribution in [3.8, 4) is 5.75 Å². The van der Waals surface area contributed by atoms with E-state index in [2.05, 4.69) is 17.6 Å². The highest BCUT2D eigenvalue weighted by Crippen LogP contribution is 2.39. The first kappa shape index (κ1) is 26.7. The summed E-state index contributed by atoms with van der Waals surface area (Å²) in [5.41, 5.74) is 0.976. The Bertz CT molecular complexity index is 1170. The molecule has 35 heavy (non-hydrogen) atoms. The van der Waals surface area contributed by atoms with Gasteiger partial charge < -0.3 is 20.5 Å². The largest absolute Gasteiger partial charge is 0.496 e. The van der Waals surface area contributed by atoms with Gasteiger partial charge in [0.15, 0.2) is 9.84 Å². The average molecular weight is 503 g/mol. The minimum Gasteiger partial charge on any atom is -0.496 e. The summed E-state index contributed by atoms with van der Waals surface area (Å²) in [6.07, 6.45) is 3.74. The Balaban J connectivity index is 2.18. The molecule has 9 heteroatoms. The summed E-state index contributed by atoms with van der Waals surface area (Å²) in [4.78, 5) is 23.8. The zero-order valence-electron chi connectivity index (χ0n) is 20.5. The van der Waals surface area contributed by atoms with E-state index in [1.165, 1.54) is 13.2 Å². The van der Waals surface area contributed by atoms with Gasteiger partial charge in [-0.25, -0.2) is 8.42 Å². The summed E-state index contributed by atoms with van der Waals surface area (Å²) >= 11 is 0. The van der Waals surface area contributed by atoms with Gasteiger partial charge in [-0.2, -0.15) is 0 Å². The molecule has 3 rings (SSSR count). The lowest BCUT2D eigenvalue weighted by Crippen LogP contribution is -2.50. The lowest BCUT2D eigenvalue weighted by molar-refractivity contribution is -0.135. The van der Waals surface area contributed by atoms with E-state index in [1.54, 1.807) is 6.07 Å². The molecule has 1 aliphatic rings. The van der Waals surface area contributed by atoms with Gasteiger partial charge in [-0.3, -0.25) is 9.59 Å². The van der Waals surface area contributed by atoms with Gasteiger partial charge in [0.25, 0.3) is 5.91 Å². The third-order valence-electron chi connectivity index (χ3n) is 6.60. The molecule has 1 amide bonds. The van der Waals surface area contributed by atoms with Crippen molar-refractivity contribution >= 4 is 21.7 Å². The molecule has 2 aromatic carbocycles. The number of carboxylic acids is 1. The molecular weight excluding hydrogens is 468 g/mol. The van der Waals surface area contributed by atoms with E-state index in [0.717, 1.165) is 18.4 Å². The third-order valence-corrected chi connectivity index (χ3v) is 8.56. The first-order valence-electron chi connectivity index (χ1n) is 11.9. The number of nitrogens with one attached hydrogen (secondary N) is 2. The maximum absolute atomic E-state index is 13.8. The van der Waals surface area contributed by atoms with Gasteiger partial charge in [0.2, 0.25) is 0 Å². The highest BCUT2D eigenvalue weighted by atomic mass is 32.2. The number of methoxy groups -OCH3 is 1. The van der Waals surface area contributed by atoms with Crippen LogP contribution in [0.15, 0.2) is 47.4 Å². The van der Waals surface area contributed by atoms with Crippen LogP contribution in [-0.2, 0) is 21.1 Å². The highest BCUT2D eigenvalue weighted by molar-refractivity contribution is 7.91. The van der Waals surface area contributed by atoms with Crippen molar-refractivity contribution in [3.05, 3.63) is 59.2 Å². The van der Waals surface area contributed by atoms with Crippen molar-refractivity contribution in [1.82, 2.24) is 10.6 Å². The van der Waals surface area contributed by atoms with Gasteiger partial charge in [0.05, 0.1) is 23.3 Å². The molecule has 1 heterocycles. The fourth-order valence-electron chi connectivity index (χ4n) is 4.70. The number of carboxylic acid groups (broad SMARTS) is 1. The van der Waals surface area contributed by atoms with Crippen LogP contribution in [0.5, 0.6) is 5.75 Å². The topological polar surface area (TPSA) is 122 Å². The number of amides is 1. The highest BCUT2D eigenvalue weighted by Gasteiger charge is 2.42. The maximum atomic E-state index is 13.8. The second kappa shape index (κ2) is 11.2. The van der Waals surface area contributed by atoms with Crippen LogP contribution in [0.25, 0.3) is 0 Å². The molecule has 0 radical (unpaired) electrons. The standard InChI is InChI=1S/C26H34N2O6S/c1-4-6-12-26(5-2)17-35(32,33)23-15-20(25(31)27-16-24(29)30)22(34-3)14-19(23)21(28-26)13-18-10-8-7-9-11-18/h7-11,14-15,21,28H,4-6,12-13,16-17H2,1-3H3,(H,27,31)(H,29,30)/t21?,26-/m1/s1. The predicted molar refractivity (Wildman–Crippen MR) is 134 cm³/mol. The number of unbranched alkanes of at least 4 members (excludes halogenated alkanes) is 1. The first-order chi connectivity index (χ1) is 16.6. The van der Waals surface area contributed by atoms with Crippen LogP contribution >= 0.6 is 0 Å². The smallest absolute Gasteiger partial charge is 0.322 e. The molecule has 0 aliphatic carbocycles. The molecule has 0 saturated carbocycles. The number of carbonyl (C=O) groups excluding carboxylic acids is 1. The molecule has 8 nitrogen and oxygen atoms in total. The van der Waals surface area contributed by atoms with Crippen molar-refractivity contribution < 1.29 is 27.9 Å². The fraction of sp³-hybridized carbons (Fsp3) is 0.462. The molecule has 3 N–H and O–H groups in total. The minimum absolute atomic E-state index is 0.00732. The summed E-state index contributed by atoms with van der Waals surface area (Å²) < 4.78 is 33.0. The summed E-state index contributed by atoms with van der Waals surface area (Å²) in [7, 11) is -2.38. The van der Waals surface area contributed by atoms with E-state index in [-0.39, 0.29) is 28.0 Å². The Morgan fingerprint density at radius 1 is 1.20 bits per heavy atom. The lowest BCUT2D eigenvalue weighted by atomic mass is 9.88. The molecule has 0 bridgehead atoms. The number of hydrogen-bond acceptors (Lipinski definition) is 6. The van der Waals surface area contributed by atoms with Crippen molar-refractivity contribution in [2.45, 2.75) is 62.4 Å². The summed E-state index contributed by atoms with van der Waals surface area (Å²) in [5, 5.41) is 14.9. The predicted octanol–water partition coefficient (Wildman–Crippen LogP) is 3.51. The third kappa shape index (κ3) is 6.21. The fourth-order valence-corrected chi connectivity index (χ4v) is 6.87. The number of benzene rings is 2. The Hall–Kier alpha value is -2.91. The Morgan fingerprint density at radius 3 is 2.51 bits per heavy atom. The van der Waals surface area contributed by atoms with E-state index in [9.17, 15) is 18.0 Å². The van der Waals surface area contributed by atoms with E-state index < -0.39 is 33.8 Å². The summed E-state index contributed by atoms with van der Waals surface area (Å²) in [5.74, 6) is -1.79. The number of ether oxygens (including phenoxy) is 1. The zero-order chi connectivity index (χ0) is 25.6. The Kier molecular flexibility index (Phi) is 8.56. The van der Waals surface area contributed by atoms with Gasteiger partial charge in [0, 0.05) is 11.6 Å². The number of carbonyl (C=O) groups is 2. The van der Waals surface area contributed by atoms with Gasteiger partial charge in [-0.1, -0.05) is 57.0 Å². The molecule has 0 saturated heterocycles. The molecule has 190 valence electrons. The molecule has 0 aromatic heterocycles. The lowest BCUT2D eigenvalue weighted by Gasteiger charge is -2.35. The monoisotopic (exact) mass is 502 g/mol. The van der Waals surface area contributed by atoms with Crippen LogP contribution in [-0.4, -0.2) is 50.3 Å². The van der Waals surface area contributed by atoms with Gasteiger partial charge in [-0.05, 0) is 42.5 Å². The number of aliphatic carboxylic acids is 1. The Labute approximate surface area is 207 Å². The van der Waals surface area contributed by atoms with E-state index in [0.29, 0.717) is 24.8 Å². The second-order valence-corrected chi connectivity index (χ2v) is 11.0. The van der Waals surface area contributed by atoms with Crippen molar-refractivity contribution in [2.75, 3.05) is 19.4 Å². The minimum atomic E-state index is -3.78. The van der Waals surface area contributed by atoms with Gasteiger partial charge in [-0.15, -0.1) is 0 Å². The van der Waals surface area contributed by atoms with E-state index >= 15 is 0 Å². The second-order valence-electron chi connectivity index (χ2n) is 9.05. The Morgan fingerprint density at radius 2 is 1.91 bits per heavy atom. The SMILES string of the molecule is CCCC[C@]1(CC)CS(=O)(=O)c2cc(C(=O)NCC(=O)O)c(OC)cc2C(Cc2ccccc2)N1. The number of hydrogen-bond donors (Lipinski definition) is 3. The number of rotatable bonds is 10. The van der Waals surface area contributed by atoms with Crippen molar-refractivity contribution in [2.24, 2.45) is 0 Å². The molecular formula is C26H34N2O6S. The van der Waals surface area contributed by atoms with Gasteiger partial charge >= 0.3 is 5.97 Å². The van der Waals surface area contributed by atoms with Crippen LogP contribution in [0.4, 0.5) is 0 Å². The summed E-state index contributed by atoms with van der Waals surface area (Å²) in [6, 6.07) is 12.5. The zero-order valence-corrected chi connectivity index (χ0v) is 21.3. The quantitative estimate of drug-likeness (QED) is 0.454. The van der Waals surface area contributed by atoms with Crippen molar-refractivity contribution in [3.63, 3.8) is 0 Å². The van der Waals surface area contributed by atoms with Crippen LogP contribution in [0, 0.1) is 0 Å².